The fourth-order valence-electron chi connectivity index (χ4n) is 3.76. The second kappa shape index (κ2) is 8.42. The Hall–Kier alpha value is -1.98. The molecule has 0 saturated heterocycles. The zero-order valence-electron chi connectivity index (χ0n) is 19.6. The molecule has 1 rings (SSSR count). The van der Waals surface area contributed by atoms with E-state index >= 15 is 4.39 Å². The Balaban J connectivity index is 4.23. The fourth-order valence-corrected chi connectivity index (χ4v) is 4.96. The van der Waals surface area contributed by atoms with E-state index in [0.29, 0.717) is 0 Å². The number of halogens is 3. The summed E-state index contributed by atoms with van der Waals surface area (Å²) in [6.07, 6.45) is -8.44. The molecule has 0 spiro atoms. The summed E-state index contributed by atoms with van der Waals surface area (Å²) in [5.74, 6) is -1.27. The third-order valence-corrected chi connectivity index (χ3v) is 6.10. The van der Waals surface area contributed by atoms with Crippen LogP contribution in [0.2, 0.25) is 0 Å². The van der Waals surface area contributed by atoms with E-state index in [1.165, 1.54) is 9.80 Å². The number of nitrogens with zero attached hydrogens (tertiary/aromatic N) is 4. The van der Waals surface area contributed by atoms with Crippen molar-refractivity contribution in [1.82, 2.24) is 19.8 Å². The van der Waals surface area contributed by atoms with E-state index in [2.05, 4.69) is 0 Å². The number of amides is 3. The molecule has 3 N–H and O–H groups in total. The van der Waals surface area contributed by atoms with Gasteiger partial charge in [0.15, 0.2) is 17.1 Å². The topological polar surface area (TPSA) is 125 Å². The fraction of sp³-hybridized carbons (Fsp3) is 0.737. The van der Waals surface area contributed by atoms with Crippen LogP contribution in [0.15, 0.2) is 11.0 Å². The van der Waals surface area contributed by atoms with E-state index in [1.54, 1.807) is 62.3 Å². The molecule has 32 heavy (non-hydrogen) atoms. The van der Waals surface area contributed by atoms with Crippen molar-refractivity contribution in [3.63, 3.8) is 0 Å². The maximum absolute atomic E-state index is 15.9. The number of alkyl halides is 1. The maximum Gasteiger partial charge on any atom is 0.436 e. The first-order chi connectivity index (χ1) is 14.0. The summed E-state index contributed by atoms with van der Waals surface area (Å²) < 4.78 is 15.9. The summed E-state index contributed by atoms with van der Waals surface area (Å²) >= 11 is 13.7. The summed E-state index contributed by atoms with van der Waals surface area (Å²) in [6, 6.07) is 0. The molecule has 0 saturated carbocycles. The number of rotatable bonds is 1. The molecule has 10 nitrogen and oxygen atoms in total. The Bertz CT molecular complexity index is 819. The van der Waals surface area contributed by atoms with Gasteiger partial charge in [0.2, 0.25) is 0 Å². The quantitative estimate of drug-likeness (QED) is 0.248. The largest absolute Gasteiger partial charge is 0.464 e. The molecule has 1 aliphatic rings. The lowest BCUT2D eigenvalue weighted by Crippen LogP contribution is -2.78. The average Bonchev–Trinajstić information content (AvgIpc) is 2.51. The van der Waals surface area contributed by atoms with Gasteiger partial charge in [-0.25, -0.2) is 23.7 Å². The van der Waals surface area contributed by atoms with Crippen LogP contribution in [0, 0.1) is 5.41 Å². The van der Waals surface area contributed by atoms with Crippen molar-refractivity contribution >= 4 is 41.5 Å². The lowest BCUT2D eigenvalue weighted by atomic mass is 9.83. The van der Waals surface area contributed by atoms with Crippen LogP contribution in [0.5, 0.6) is 0 Å². The Kier molecular flexibility index (Phi) is 7.38. The smallest absolute Gasteiger partial charge is 0.436 e. The van der Waals surface area contributed by atoms with Crippen molar-refractivity contribution in [2.45, 2.75) is 84.7 Å². The summed E-state index contributed by atoms with van der Waals surface area (Å²) in [6.45, 7) is 15.2. The molecular formula is C19H31Cl2FN4O6. The van der Waals surface area contributed by atoms with Gasteiger partial charge in [-0.1, -0.05) is 44.0 Å². The Labute approximate surface area is 196 Å². The first-order valence-electron chi connectivity index (χ1n) is 9.64. The van der Waals surface area contributed by atoms with Gasteiger partial charge in [0, 0.05) is 16.5 Å². The molecule has 0 aromatic carbocycles. The molecule has 0 aliphatic carbocycles. The van der Waals surface area contributed by atoms with Crippen molar-refractivity contribution in [3.8, 4) is 0 Å². The second-order valence-corrected chi connectivity index (χ2v) is 11.3. The Morgan fingerprint density at radius 2 is 1.31 bits per heavy atom. The van der Waals surface area contributed by atoms with E-state index in [9.17, 15) is 29.7 Å². The predicted molar refractivity (Wildman–Crippen MR) is 117 cm³/mol. The van der Waals surface area contributed by atoms with Gasteiger partial charge in [-0.3, -0.25) is 0 Å². The number of carboxylic acid groups (broad SMARTS) is 3. The lowest BCUT2D eigenvalue weighted by molar-refractivity contribution is -0.193. The van der Waals surface area contributed by atoms with Crippen molar-refractivity contribution in [3.05, 3.63) is 11.0 Å². The first-order valence-corrected chi connectivity index (χ1v) is 10.4. The zero-order chi connectivity index (χ0) is 25.8. The van der Waals surface area contributed by atoms with E-state index in [0.717, 1.165) is 0 Å². The normalized spacial score (nSPS) is 23.2. The van der Waals surface area contributed by atoms with E-state index in [1.807, 2.05) is 0 Å². The third-order valence-electron chi connectivity index (χ3n) is 4.83. The highest BCUT2D eigenvalue weighted by atomic mass is 35.5. The summed E-state index contributed by atoms with van der Waals surface area (Å²) in [5.41, 5.74) is -2.95. The second-order valence-electron chi connectivity index (χ2n) is 10.4. The van der Waals surface area contributed by atoms with Gasteiger partial charge in [0.1, 0.15) is 5.16 Å². The monoisotopic (exact) mass is 500 g/mol. The Morgan fingerprint density at radius 3 is 1.56 bits per heavy atom. The van der Waals surface area contributed by atoms with Crippen LogP contribution < -0.4 is 0 Å². The summed E-state index contributed by atoms with van der Waals surface area (Å²) in [4.78, 5) is 38.1. The third kappa shape index (κ3) is 4.55. The SMILES string of the molecule is CC(C)(C)N1C(Cl)=C(F)C(N(C(=O)O)N(C(=O)O)C(=O)O)N(C(C)(C)C)C1(Cl)C(C)(C)C. The highest BCUT2D eigenvalue weighted by Crippen LogP contribution is 2.56. The predicted octanol–water partition coefficient (Wildman–Crippen LogP) is 5.40. The molecule has 0 aromatic heterocycles. The van der Waals surface area contributed by atoms with Gasteiger partial charge in [-0.05, 0) is 41.5 Å². The number of hydrazine groups is 1. The molecular weight excluding hydrogens is 470 g/mol. The average molecular weight is 501 g/mol. The highest BCUT2D eigenvalue weighted by Gasteiger charge is 2.65. The van der Waals surface area contributed by atoms with Gasteiger partial charge >= 0.3 is 18.3 Å². The van der Waals surface area contributed by atoms with E-state index in [4.69, 9.17) is 23.2 Å². The summed E-state index contributed by atoms with van der Waals surface area (Å²) in [7, 11) is 0. The lowest BCUT2D eigenvalue weighted by Gasteiger charge is -2.65. The first kappa shape index (κ1) is 28.1. The minimum Gasteiger partial charge on any atom is -0.464 e. The van der Waals surface area contributed by atoms with Gasteiger partial charge in [-0.15, -0.1) is 5.01 Å². The summed E-state index contributed by atoms with van der Waals surface area (Å²) in [5, 5.41) is 25.7. The molecule has 2 unspecified atom stereocenters. The highest BCUT2D eigenvalue weighted by molar-refractivity contribution is 6.31. The van der Waals surface area contributed by atoms with Crippen molar-refractivity contribution in [2.75, 3.05) is 0 Å². The van der Waals surface area contributed by atoms with Crippen molar-refractivity contribution in [1.29, 1.82) is 0 Å². The molecule has 13 heteroatoms. The molecule has 0 bridgehead atoms. The number of hydrogen-bond acceptors (Lipinski definition) is 5. The van der Waals surface area contributed by atoms with Crippen LogP contribution in [-0.2, 0) is 0 Å². The van der Waals surface area contributed by atoms with Gasteiger partial charge in [-0.2, -0.15) is 5.01 Å². The maximum atomic E-state index is 15.9. The minimum atomic E-state index is -2.15. The van der Waals surface area contributed by atoms with Crippen LogP contribution in [0.4, 0.5) is 18.8 Å². The van der Waals surface area contributed by atoms with Gasteiger partial charge in [0.25, 0.3) is 0 Å². The van der Waals surface area contributed by atoms with Crippen LogP contribution in [0.3, 0.4) is 0 Å². The standard InChI is InChI=1S/C19H31Cl2FN4O6/c1-16(2,3)19(21)25(17(4,5)6)11(20)10(22)12(26(19)18(7,8)9)23(13(27)28)24(14(29)30)15(31)32/h12H,1-9H3,(H,27,28)(H,29,30)(H,31,32). The van der Waals surface area contributed by atoms with Gasteiger partial charge in [0.05, 0.1) is 0 Å². The minimum absolute atomic E-state index is 0.142. The molecule has 0 radical (unpaired) electrons. The van der Waals surface area contributed by atoms with E-state index in [-0.39, 0.29) is 5.01 Å². The number of hydrogen-bond donors (Lipinski definition) is 3. The molecule has 1 aliphatic heterocycles. The molecule has 2 atom stereocenters. The van der Waals surface area contributed by atoms with Crippen molar-refractivity contribution in [2.24, 2.45) is 5.41 Å². The zero-order valence-corrected chi connectivity index (χ0v) is 21.1. The number of carbonyl (C=O) groups is 3. The van der Waals surface area contributed by atoms with Crippen molar-refractivity contribution < 1.29 is 34.1 Å². The molecule has 0 aromatic rings. The van der Waals surface area contributed by atoms with Crippen LogP contribution >= 0.6 is 23.2 Å². The van der Waals surface area contributed by atoms with Crippen LogP contribution in [0.1, 0.15) is 62.3 Å². The van der Waals surface area contributed by atoms with Crippen LogP contribution in [0.25, 0.3) is 0 Å². The molecule has 184 valence electrons. The van der Waals surface area contributed by atoms with Gasteiger partial charge < -0.3 is 20.2 Å². The molecule has 1 heterocycles. The van der Waals surface area contributed by atoms with Crippen LogP contribution in [-0.4, -0.2) is 75.8 Å². The number of imide groups is 1. The van der Waals surface area contributed by atoms with E-state index < -0.39 is 62.1 Å². The Morgan fingerprint density at radius 1 is 0.906 bits per heavy atom. The molecule has 0 fully saturated rings. The molecule has 3 amide bonds.